The minimum absolute atomic E-state index is 0.0618. The van der Waals surface area contributed by atoms with Gasteiger partial charge in [-0.1, -0.05) is 6.07 Å². The minimum atomic E-state index is -4.20. The summed E-state index contributed by atoms with van der Waals surface area (Å²) in [6, 6.07) is 3.81. The lowest BCUT2D eigenvalue weighted by molar-refractivity contribution is -0.138. The predicted molar refractivity (Wildman–Crippen MR) is 72.2 cm³/mol. The predicted octanol–water partition coefficient (Wildman–Crippen LogP) is 2.39. The van der Waals surface area contributed by atoms with Crippen LogP contribution in [0.5, 0.6) is 11.5 Å². The summed E-state index contributed by atoms with van der Waals surface area (Å²) >= 11 is 0. The highest BCUT2D eigenvalue weighted by Gasteiger charge is 2.31. The Morgan fingerprint density at radius 2 is 1.81 bits per heavy atom. The maximum atomic E-state index is 12.5. The van der Waals surface area contributed by atoms with Gasteiger partial charge in [0.2, 0.25) is 0 Å². The summed E-state index contributed by atoms with van der Waals surface area (Å²) in [6.07, 6.45) is -5.14. The summed E-state index contributed by atoms with van der Waals surface area (Å²) in [5.74, 6) is -0.576. The van der Waals surface area contributed by atoms with Crippen molar-refractivity contribution < 1.29 is 23.4 Å². The number of aromatic hydroxyl groups is 2. The van der Waals surface area contributed by atoms with Gasteiger partial charge in [-0.3, -0.25) is 4.90 Å². The van der Waals surface area contributed by atoms with Crippen LogP contribution in [0, 0.1) is 0 Å². The standard InChI is InChI=1S/C14H19F3N2O2/c15-14(16,17)4-3-11(19-7-5-18-6-8-19)10-1-2-12(20)13(21)9-10/h1-2,9,11,18,20-21H,3-8H2/t11-/m0/s1. The van der Waals surface area contributed by atoms with E-state index in [-0.39, 0.29) is 17.9 Å². The first-order valence-electron chi connectivity index (χ1n) is 6.90. The van der Waals surface area contributed by atoms with Crippen LogP contribution >= 0.6 is 0 Å². The van der Waals surface area contributed by atoms with E-state index in [0.717, 1.165) is 13.1 Å². The molecule has 1 heterocycles. The van der Waals surface area contributed by atoms with Gasteiger partial charge in [0, 0.05) is 38.6 Å². The summed E-state index contributed by atoms with van der Waals surface area (Å²) in [6.45, 7) is 2.77. The Hall–Kier alpha value is -1.47. The highest BCUT2D eigenvalue weighted by molar-refractivity contribution is 5.41. The Labute approximate surface area is 121 Å². The second kappa shape index (κ2) is 6.53. The fourth-order valence-electron chi connectivity index (χ4n) is 2.60. The van der Waals surface area contributed by atoms with E-state index in [9.17, 15) is 23.4 Å². The maximum Gasteiger partial charge on any atom is 0.389 e. The summed E-state index contributed by atoms with van der Waals surface area (Å²) in [7, 11) is 0. The molecule has 0 amide bonds. The lowest BCUT2D eigenvalue weighted by Gasteiger charge is -2.35. The molecular formula is C14H19F3N2O2. The third-order valence-electron chi connectivity index (χ3n) is 3.68. The molecule has 1 aliphatic heterocycles. The second-order valence-corrected chi connectivity index (χ2v) is 5.20. The smallest absolute Gasteiger partial charge is 0.389 e. The van der Waals surface area contributed by atoms with Crippen molar-refractivity contribution >= 4 is 0 Å². The van der Waals surface area contributed by atoms with Gasteiger partial charge in [-0.05, 0) is 24.1 Å². The molecule has 1 aromatic carbocycles. The Morgan fingerprint density at radius 1 is 1.14 bits per heavy atom. The first-order valence-corrected chi connectivity index (χ1v) is 6.90. The van der Waals surface area contributed by atoms with Gasteiger partial charge in [-0.15, -0.1) is 0 Å². The number of halogens is 3. The molecule has 0 aliphatic carbocycles. The number of nitrogens with one attached hydrogen (secondary N) is 1. The van der Waals surface area contributed by atoms with Crippen molar-refractivity contribution in [3.8, 4) is 11.5 Å². The molecule has 0 aromatic heterocycles. The average molecular weight is 304 g/mol. The number of piperazine rings is 1. The van der Waals surface area contributed by atoms with Crippen LogP contribution in [-0.4, -0.2) is 47.5 Å². The molecule has 1 saturated heterocycles. The van der Waals surface area contributed by atoms with Crippen LogP contribution in [0.4, 0.5) is 13.2 Å². The molecule has 3 N–H and O–H groups in total. The number of alkyl halides is 3. The van der Waals surface area contributed by atoms with E-state index in [1.165, 1.54) is 12.1 Å². The number of rotatable bonds is 4. The topological polar surface area (TPSA) is 55.7 Å². The number of phenolic OH excluding ortho intramolecular Hbond substituents is 2. The lowest BCUT2D eigenvalue weighted by atomic mass is 9.98. The zero-order valence-corrected chi connectivity index (χ0v) is 11.5. The van der Waals surface area contributed by atoms with Crippen molar-refractivity contribution in [1.29, 1.82) is 0 Å². The van der Waals surface area contributed by atoms with Crippen LogP contribution in [0.2, 0.25) is 0 Å². The van der Waals surface area contributed by atoms with Crippen molar-refractivity contribution in [2.75, 3.05) is 26.2 Å². The number of nitrogens with zero attached hydrogens (tertiary/aromatic N) is 1. The third kappa shape index (κ3) is 4.50. The molecule has 0 spiro atoms. The van der Waals surface area contributed by atoms with Crippen LogP contribution in [-0.2, 0) is 0 Å². The van der Waals surface area contributed by atoms with E-state index >= 15 is 0 Å². The van der Waals surface area contributed by atoms with Crippen LogP contribution in [0.25, 0.3) is 0 Å². The molecule has 7 heteroatoms. The van der Waals surface area contributed by atoms with Crippen LogP contribution < -0.4 is 5.32 Å². The highest BCUT2D eigenvalue weighted by atomic mass is 19.4. The Kier molecular flexibility index (Phi) is 4.95. The van der Waals surface area contributed by atoms with Gasteiger partial charge in [0.05, 0.1) is 0 Å². The van der Waals surface area contributed by atoms with Gasteiger partial charge in [0.25, 0.3) is 0 Å². The van der Waals surface area contributed by atoms with Crippen LogP contribution in [0.1, 0.15) is 24.4 Å². The molecule has 4 nitrogen and oxygen atoms in total. The summed E-state index contributed by atoms with van der Waals surface area (Å²) in [5.41, 5.74) is 0.594. The molecule has 1 aliphatic rings. The van der Waals surface area contributed by atoms with Crippen molar-refractivity contribution in [3.63, 3.8) is 0 Å². The molecule has 0 radical (unpaired) electrons. The van der Waals surface area contributed by atoms with E-state index in [0.29, 0.717) is 18.7 Å². The zero-order valence-electron chi connectivity index (χ0n) is 11.5. The van der Waals surface area contributed by atoms with Gasteiger partial charge in [-0.2, -0.15) is 13.2 Å². The molecule has 21 heavy (non-hydrogen) atoms. The van der Waals surface area contributed by atoms with Crippen LogP contribution in [0.15, 0.2) is 18.2 Å². The number of hydrogen-bond acceptors (Lipinski definition) is 4. The summed E-state index contributed by atoms with van der Waals surface area (Å²) in [4.78, 5) is 1.98. The van der Waals surface area contributed by atoms with Crippen molar-refractivity contribution in [3.05, 3.63) is 23.8 Å². The Balaban J connectivity index is 2.18. The molecule has 2 rings (SSSR count). The molecule has 1 aromatic rings. The highest BCUT2D eigenvalue weighted by Crippen LogP contribution is 2.35. The first-order chi connectivity index (χ1) is 9.87. The molecular weight excluding hydrogens is 285 g/mol. The molecule has 0 saturated carbocycles. The lowest BCUT2D eigenvalue weighted by Crippen LogP contribution is -2.45. The van der Waals surface area contributed by atoms with Gasteiger partial charge in [0.1, 0.15) is 0 Å². The Bertz CT molecular complexity index is 474. The molecule has 1 atom stereocenters. The second-order valence-electron chi connectivity index (χ2n) is 5.20. The number of hydrogen-bond donors (Lipinski definition) is 3. The van der Waals surface area contributed by atoms with Gasteiger partial charge < -0.3 is 15.5 Å². The van der Waals surface area contributed by atoms with E-state index in [1.807, 2.05) is 4.90 Å². The van der Waals surface area contributed by atoms with Gasteiger partial charge >= 0.3 is 6.18 Å². The largest absolute Gasteiger partial charge is 0.504 e. The van der Waals surface area contributed by atoms with E-state index in [4.69, 9.17) is 0 Å². The fourth-order valence-corrected chi connectivity index (χ4v) is 2.60. The summed E-state index contributed by atoms with van der Waals surface area (Å²) < 4.78 is 37.6. The van der Waals surface area contributed by atoms with Crippen molar-refractivity contribution in [2.24, 2.45) is 0 Å². The average Bonchev–Trinajstić information content (AvgIpc) is 2.43. The zero-order chi connectivity index (χ0) is 15.5. The molecule has 1 fully saturated rings. The molecule has 0 unspecified atom stereocenters. The first kappa shape index (κ1) is 15.9. The monoisotopic (exact) mass is 304 g/mol. The number of benzene rings is 1. The molecule has 118 valence electrons. The van der Waals surface area contributed by atoms with Gasteiger partial charge in [-0.25, -0.2) is 0 Å². The van der Waals surface area contributed by atoms with Gasteiger partial charge in [0.15, 0.2) is 11.5 Å². The molecule has 0 bridgehead atoms. The van der Waals surface area contributed by atoms with E-state index in [2.05, 4.69) is 5.32 Å². The summed E-state index contributed by atoms with van der Waals surface area (Å²) in [5, 5.41) is 22.1. The van der Waals surface area contributed by atoms with Crippen molar-refractivity contribution in [2.45, 2.75) is 25.1 Å². The number of phenols is 2. The van der Waals surface area contributed by atoms with E-state index < -0.39 is 18.6 Å². The normalized spacial score (nSPS) is 18.6. The third-order valence-corrected chi connectivity index (χ3v) is 3.68. The minimum Gasteiger partial charge on any atom is -0.504 e. The maximum absolute atomic E-state index is 12.5. The van der Waals surface area contributed by atoms with Crippen molar-refractivity contribution in [1.82, 2.24) is 10.2 Å². The quantitative estimate of drug-likeness (QED) is 0.748. The Morgan fingerprint density at radius 3 is 2.38 bits per heavy atom. The van der Waals surface area contributed by atoms with Crippen LogP contribution in [0.3, 0.4) is 0 Å². The SMILES string of the molecule is Oc1ccc([C@H](CCC(F)(F)F)N2CCNCC2)cc1O. The van der Waals surface area contributed by atoms with E-state index in [1.54, 1.807) is 6.07 Å². The fraction of sp³-hybridized carbons (Fsp3) is 0.571.